The molecular weight excluding hydrogens is 458 g/mol. The highest BCUT2D eigenvalue weighted by Crippen LogP contribution is 2.37. The lowest BCUT2D eigenvalue weighted by molar-refractivity contribution is 0.0694. The van der Waals surface area contributed by atoms with Crippen LogP contribution in [0.4, 0.5) is 5.69 Å². The molecule has 4 N–H and O–H groups in total. The van der Waals surface area contributed by atoms with Crippen molar-refractivity contribution in [2.75, 3.05) is 4.72 Å². The number of halogens is 1. The predicted molar refractivity (Wildman–Crippen MR) is 105 cm³/mol. The summed E-state index contributed by atoms with van der Waals surface area (Å²) in [5.74, 6) is -2.62. The number of sulfonamides is 1. The lowest BCUT2D eigenvalue weighted by Crippen LogP contribution is -2.14. The molecule has 1 aromatic heterocycles. The molecule has 0 unspecified atom stereocenters. The molecule has 0 radical (unpaired) electrons. The minimum absolute atomic E-state index is 0.308. The van der Waals surface area contributed by atoms with Crippen molar-refractivity contribution in [1.29, 1.82) is 0 Å². The number of rotatable bonds is 5. The van der Waals surface area contributed by atoms with Crippen LogP contribution in [0.2, 0.25) is 0 Å². The summed E-state index contributed by atoms with van der Waals surface area (Å²) in [6, 6.07) is 9.95. The minimum Gasteiger partial charge on any atom is -0.507 e. The highest BCUT2D eigenvalue weighted by molar-refractivity contribution is 9.10. The van der Waals surface area contributed by atoms with Crippen LogP contribution < -0.4 is 4.72 Å². The van der Waals surface area contributed by atoms with Crippen LogP contribution in [0.3, 0.4) is 0 Å². The van der Waals surface area contributed by atoms with Crippen molar-refractivity contribution in [3.8, 4) is 21.9 Å². The Bertz CT molecular complexity index is 1130. The van der Waals surface area contributed by atoms with E-state index in [0.717, 1.165) is 0 Å². The van der Waals surface area contributed by atoms with Gasteiger partial charge in [0.05, 0.1) is 5.69 Å². The van der Waals surface area contributed by atoms with Gasteiger partial charge in [-0.2, -0.15) is 0 Å². The van der Waals surface area contributed by atoms with Crippen LogP contribution in [0, 0.1) is 0 Å². The van der Waals surface area contributed by atoms with E-state index in [2.05, 4.69) is 20.7 Å². The molecule has 10 heteroatoms. The smallest absolute Gasteiger partial charge is 0.339 e. The van der Waals surface area contributed by atoms with Crippen molar-refractivity contribution < 1.29 is 28.5 Å². The highest BCUT2D eigenvalue weighted by Gasteiger charge is 2.24. The molecule has 3 aromatic rings. The van der Waals surface area contributed by atoms with Crippen LogP contribution >= 0.6 is 27.3 Å². The van der Waals surface area contributed by atoms with E-state index < -0.39 is 38.0 Å². The number of aromatic hydroxyl groups is 2. The average molecular weight is 470 g/mol. The fraction of sp³-hybridized carbons (Fsp3) is 0. The zero-order chi connectivity index (χ0) is 19.8. The van der Waals surface area contributed by atoms with Crippen LogP contribution in [-0.4, -0.2) is 29.7 Å². The van der Waals surface area contributed by atoms with Gasteiger partial charge in [-0.1, -0.05) is 22.0 Å². The summed E-state index contributed by atoms with van der Waals surface area (Å²) >= 11 is 4.46. The fourth-order valence-corrected chi connectivity index (χ4v) is 4.77. The van der Waals surface area contributed by atoms with Crippen LogP contribution in [0.25, 0.3) is 10.4 Å². The Labute approximate surface area is 166 Å². The Balaban J connectivity index is 2.13. The molecule has 0 saturated heterocycles. The summed E-state index contributed by atoms with van der Waals surface area (Å²) in [6.45, 7) is 0. The number of nitrogens with one attached hydrogen (secondary N) is 1. The molecular formula is C17H12BrNO6S2. The normalized spacial score (nSPS) is 11.3. The van der Waals surface area contributed by atoms with Gasteiger partial charge in [-0.15, -0.1) is 11.3 Å². The van der Waals surface area contributed by atoms with E-state index in [-0.39, 0.29) is 5.69 Å². The zero-order valence-corrected chi connectivity index (χ0v) is 16.6. The van der Waals surface area contributed by atoms with Crippen molar-refractivity contribution in [1.82, 2.24) is 0 Å². The number of phenols is 2. The standard InChI is InChI=1S/C17H12BrNO6S2/c18-10-3-4-13(20)15(8-10)27(24,25)19-12-7-9(14-2-1-5-26-14)6-11(16(12)21)17(22)23/h1-8,19-21H,(H,22,23). The molecule has 2 aromatic carbocycles. The average Bonchev–Trinajstić information content (AvgIpc) is 3.13. The van der Waals surface area contributed by atoms with E-state index in [9.17, 15) is 28.5 Å². The number of carbonyl (C=O) groups is 1. The molecule has 140 valence electrons. The van der Waals surface area contributed by atoms with Gasteiger partial charge in [0.2, 0.25) is 0 Å². The molecule has 0 bridgehead atoms. The van der Waals surface area contributed by atoms with E-state index in [1.54, 1.807) is 17.5 Å². The third kappa shape index (κ3) is 3.92. The first-order chi connectivity index (χ1) is 12.7. The summed E-state index contributed by atoms with van der Waals surface area (Å²) < 4.78 is 27.9. The van der Waals surface area contributed by atoms with Gasteiger partial charge in [-0.25, -0.2) is 13.2 Å². The number of hydrogen-bond donors (Lipinski definition) is 4. The molecule has 0 saturated carbocycles. The van der Waals surface area contributed by atoms with E-state index in [1.807, 2.05) is 0 Å². The summed E-state index contributed by atoms with van der Waals surface area (Å²) in [6.07, 6.45) is 0. The maximum absolute atomic E-state index is 12.7. The van der Waals surface area contributed by atoms with Gasteiger partial charge in [0, 0.05) is 9.35 Å². The van der Waals surface area contributed by atoms with Gasteiger partial charge >= 0.3 is 5.97 Å². The Morgan fingerprint density at radius 1 is 1.11 bits per heavy atom. The second-order valence-corrected chi connectivity index (χ2v) is 8.93. The van der Waals surface area contributed by atoms with Crippen LogP contribution in [0.15, 0.2) is 57.2 Å². The molecule has 27 heavy (non-hydrogen) atoms. The third-order valence-electron chi connectivity index (χ3n) is 3.60. The summed E-state index contributed by atoms with van der Waals surface area (Å²) in [7, 11) is -4.30. The number of aromatic carboxylic acids is 1. The van der Waals surface area contributed by atoms with E-state index in [0.29, 0.717) is 14.9 Å². The zero-order valence-electron chi connectivity index (χ0n) is 13.4. The first kappa shape index (κ1) is 19.2. The molecule has 0 aliphatic heterocycles. The third-order valence-corrected chi connectivity index (χ3v) is 6.41. The summed E-state index contributed by atoms with van der Waals surface area (Å²) in [5.41, 5.74) is -0.328. The Morgan fingerprint density at radius 3 is 2.48 bits per heavy atom. The molecule has 0 atom stereocenters. The molecule has 0 fully saturated rings. The van der Waals surface area contributed by atoms with Crippen molar-refractivity contribution >= 4 is 48.9 Å². The van der Waals surface area contributed by atoms with Gasteiger partial charge in [0.1, 0.15) is 16.2 Å². The van der Waals surface area contributed by atoms with Crippen molar-refractivity contribution in [3.05, 3.63) is 57.9 Å². The maximum atomic E-state index is 12.7. The highest BCUT2D eigenvalue weighted by atomic mass is 79.9. The van der Waals surface area contributed by atoms with E-state index >= 15 is 0 Å². The molecule has 0 amide bonds. The van der Waals surface area contributed by atoms with Gasteiger partial charge in [-0.05, 0) is 47.3 Å². The van der Waals surface area contributed by atoms with Crippen LogP contribution in [-0.2, 0) is 10.0 Å². The molecule has 7 nitrogen and oxygen atoms in total. The lowest BCUT2D eigenvalue weighted by atomic mass is 10.1. The molecule has 0 aliphatic carbocycles. The van der Waals surface area contributed by atoms with Gasteiger partial charge in [0.25, 0.3) is 10.0 Å². The maximum Gasteiger partial charge on any atom is 0.339 e. The van der Waals surface area contributed by atoms with Gasteiger partial charge in [0.15, 0.2) is 5.75 Å². The fourth-order valence-electron chi connectivity index (χ4n) is 2.36. The number of carboxylic acid groups (broad SMARTS) is 1. The number of anilines is 1. The van der Waals surface area contributed by atoms with Crippen LogP contribution in [0.5, 0.6) is 11.5 Å². The molecule has 0 aliphatic rings. The largest absolute Gasteiger partial charge is 0.507 e. The summed E-state index contributed by atoms with van der Waals surface area (Å²) in [4.78, 5) is 11.7. The Morgan fingerprint density at radius 2 is 1.85 bits per heavy atom. The predicted octanol–water partition coefficient (Wildman–Crippen LogP) is 4.09. The van der Waals surface area contributed by atoms with E-state index in [4.69, 9.17) is 0 Å². The first-order valence-electron chi connectivity index (χ1n) is 7.34. The molecule has 1 heterocycles. The topological polar surface area (TPSA) is 124 Å². The lowest BCUT2D eigenvalue weighted by Gasteiger charge is -2.14. The number of thiophene rings is 1. The number of phenolic OH excluding ortho intramolecular Hbond substituents is 1. The summed E-state index contributed by atoms with van der Waals surface area (Å²) in [5, 5.41) is 31.2. The van der Waals surface area contributed by atoms with Gasteiger partial charge < -0.3 is 15.3 Å². The van der Waals surface area contributed by atoms with Gasteiger partial charge in [-0.3, -0.25) is 4.72 Å². The first-order valence-corrected chi connectivity index (χ1v) is 10.5. The Kier molecular flexibility index (Phi) is 5.13. The quantitative estimate of drug-likeness (QED) is 0.417. The number of carboxylic acids is 1. The second-order valence-electron chi connectivity index (χ2n) is 5.42. The van der Waals surface area contributed by atoms with Crippen LogP contribution in [0.1, 0.15) is 10.4 Å². The Hall–Kier alpha value is -2.56. The van der Waals surface area contributed by atoms with Crippen molar-refractivity contribution in [2.24, 2.45) is 0 Å². The molecule has 3 rings (SSSR count). The minimum atomic E-state index is -4.30. The monoisotopic (exact) mass is 469 g/mol. The SMILES string of the molecule is O=C(O)c1cc(-c2cccs2)cc(NS(=O)(=O)c2cc(Br)ccc2O)c1O. The van der Waals surface area contributed by atoms with E-state index in [1.165, 1.54) is 41.7 Å². The number of benzene rings is 2. The van der Waals surface area contributed by atoms with Crippen molar-refractivity contribution in [2.45, 2.75) is 4.90 Å². The molecule has 0 spiro atoms. The number of hydrogen-bond acceptors (Lipinski definition) is 6. The van der Waals surface area contributed by atoms with Crippen molar-refractivity contribution in [3.63, 3.8) is 0 Å². The second kappa shape index (κ2) is 7.22.